The zero-order valence-corrected chi connectivity index (χ0v) is 20.3. The van der Waals surface area contributed by atoms with Gasteiger partial charge in [-0.3, -0.25) is 4.57 Å². The van der Waals surface area contributed by atoms with Crippen molar-refractivity contribution in [3.63, 3.8) is 0 Å². The average Bonchev–Trinajstić information content (AvgIpc) is 3.41. The van der Waals surface area contributed by atoms with Crippen molar-refractivity contribution < 1.29 is 53.6 Å². The molecule has 0 bridgehead atoms. The number of carbonyl (C=O) groups is 1. The number of fused-ring (bicyclic) bond motifs is 1. The molecule has 0 aliphatic rings. The summed E-state index contributed by atoms with van der Waals surface area (Å²) in [6.45, 7) is 1.29. The molecule has 16 heteroatoms. The van der Waals surface area contributed by atoms with Gasteiger partial charge in [0, 0.05) is 17.7 Å². The molecule has 38 heavy (non-hydrogen) atoms. The van der Waals surface area contributed by atoms with Gasteiger partial charge in [0.25, 0.3) is 0 Å². The maximum atomic E-state index is 13.4. The van der Waals surface area contributed by atoms with Gasteiger partial charge in [0.1, 0.15) is 28.9 Å². The third-order valence-electron chi connectivity index (χ3n) is 5.12. The Morgan fingerprint density at radius 2 is 1.76 bits per heavy atom. The average molecular weight is 579 g/mol. The molecule has 0 saturated heterocycles. The Kier molecular flexibility index (Phi) is 6.82. The third kappa shape index (κ3) is 5.26. The largest absolute Gasteiger partial charge is 0.544 e. The molecule has 2 aromatic carbocycles. The second kappa shape index (κ2) is 9.50. The topological polar surface area (TPSA) is 111 Å². The number of benzene rings is 2. The van der Waals surface area contributed by atoms with Crippen molar-refractivity contribution in [2.75, 3.05) is 0 Å². The molecule has 0 unspecified atom stereocenters. The van der Waals surface area contributed by atoms with Gasteiger partial charge in [-0.05, 0) is 25.1 Å². The Balaban J connectivity index is 1.72. The van der Waals surface area contributed by atoms with Crippen LogP contribution < -0.4 is 14.0 Å². The first kappa shape index (κ1) is 27.3. The van der Waals surface area contributed by atoms with Gasteiger partial charge in [-0.1, -0.05) is 18.2 Å². The second-order valence-electron chi connectivity index (χ2n) is 7.66. The minimum atomic E-state index is -5.96. The third-order valence-corrected chi connectivity index (χ3v) is 7.20. The van der Waals surface area contributed by atoms with E-state index in [2.05, 4.69) is 9.17 Å². The minimum absolute atomic E-state index is 0.0352. The molecule has 0 aliphatic carbocycles. The molecule has 2 aromatic heterocycles. The fraction of sp³-hybridized carbons (Fsp3) is 0.182. The molecule has 0 N–H and O–H groups in total. The van der Waals surface area contributed by atoms with Crippen LogP contribution in [0.4, 0.5) is 26.3 Å². The molecule has 1 atom stereocenters. The van der Waals surface area contributed by atoms with Crippen LogP contribution >= 0.6 is 11.3 Å². The van der Waals surface area contributed by atoms with Crippen molar-refractivity contribution in [2.24, 2.45) is 0 Å². The van der Waals surface area contributed by atoms with Crippen molar-refractivity contribution in [1.82, 2.24) is 9.55 Å². The fourth-order valence-corrected chi connectivity index (χ4v) is 4.82. The number of halogens is 6. The summed E-state index contributed by atoms with van der Waals surface area (Å²) in [5.41, 5.74) is -6.68. The van der Waals surface area contributed by atoms with E-state index in [0.29, 0.717) is 11.3 Å². The standard InChI is InChI=1S/C22H14F6N2O6S2/c1-11(13-4-2-3-5-14(13)21(23,24)25)35-17-9-18(37-19(17)20(31)32)30-10-29-15-7-6-12(8-16(15)30)36-38(33,34)22(26,27)28/h2-11H,1H3,(H,31,32)/p-1/t11-/m1/s1. The zero-order chi connectivity index (χ0) is 28.0. The van der Waals surface area contributed by atoms with Gasteiger partial charge in [0.2, 0.25) is 0 Å². The van der Waals surface area contributed by atoms with Crippen LogP contribution in [0.1, 0.15) is 33.8 Å². The molecule has 0 aliphatic heterocycles. The van der Waals surface area contributed by atoms with Crippen LogP contribution in [0.3, 0.4) is 0 Å². The van der Waals surface area contributed by atoms with Gasteiger partial charge in [-0.15, -0.1) is 11.3 Å². The predicted octanol–water partition coefficient (Wildman–Crippen LogP) is 4.84. The molecular formula is C22H13F6N2O6S2-. The Bertz CT molecular complexity index is 1630. The molecule has 4 rings (SSSR count). The highest BCUT2D eigenvalue weighted by Gasteiger charge is 2.48. The van der Waals surface area contributed by atoms with Crippen molar-refractivity contribution in [1.29, 1.82) is 0 Å². The Morgan fingerprint density at radius 3 is 2.39 bits per heavy atom. The van der Waals surface area contributed by atoms with Crippen LogP contribution in [0.15, 0.2) is 54.9 Å². The molecule has 202 valence electrons. The zero-order valence-electron chi connectivity index (χ0n) is 18.7. The lowest BCUT2D eigenvalue weighted by atomic mass is 10.0. The fourth-order valence-electron chi connectivity index (χ4n) is 3.46. The van der Waals surface area contributed by atoms with Crippen LogP contribution in [-0.4, -0.2) is 29.4 Å². The minimum Gasteiger partial charge on any atom is -0.544 e. The van der Waals surface area contributed by atoms with E-state index in [-0.39, 0.29) is 27.3 Å². The maximum Gasteiger partial charge on any atom is 0.534 e. The molecule has 4 aromatic rings. The predicted molar refractivity (Wildman–Crippen MR) is 119 cm³/mol. The first-order valence-electron chi connectivity index (χ1n) is 10.2. The first-order valence-corrected chi connectivity index (χ1v) is 12.5. The number of carboxylic acid groups (broad SMARTS) is 1. The van der Waals surface area contributed by atoms with E-state index in [1.54, 1.807) is 0 Å². The van der Waals surface area contributed by atoms with Crippen LogP contribution in [0, 0.1) is 0 Å². The van der Waals surface area contributed by atoms with E-state index >= 15 is 0 Å². The summed E-state index contributed by atoms with van der Waals surface area (Å²) in [4.78, 5) is 15.3. The van der Waals surface area contributed by atoms with Crippen molar-refractivity contribution >= 4 is 38.5 Å². The van der Waals surface area contributed by atoms with E-state index in [1.807, 2.05) is 0 Å². The van der Waals surface area contributed by atoms with Crippen molar-refractivity contribution in [3.05, 3.63) is 70.9 Å². The second-order valence-corrected chi connectivity index (χ2v) is 10.2. The Hall–Kier alpha value is -3.79. The number of aromatic carboxylic acids is 1. The van der Waals surface area contributed by atoms with Crippen LogP contribution in [0.2, 0.25) is 0 Å². The number of rotatable bonds is 7. The van der Waals surface area contributed by atoms with Crippen LogP contribution in [0.5, 0.6) is 11.5 Å². The summed E-state index contributed by atoms with van der Waals surface area (Å²) >= 11 is 0.585. The molecule has 0 radical (unpaired) electrons. The van der Waals surface area contributed by atoms with E-state index in [9.17, 15) is 44.7 Å². The van der Waals surface area contributed by atoms with Gasteiger partial charge >= 0.3 is 21.8 Å². The monoisotopic (exact) mass is 579 g/mol. The molecule has 0 saturated carbocycles. The van der Waals surface area contributed by atoms with Gasteiger partial charge in [0.05, 0.1) is 27.4 Å². The Labute approximate surface area is 213 Å². The molecular weight excluding hydrogens is 566 g/mol. The summed E-state index contributed by atoms with van der Waals surface area (Å²) in [5, 5.41) is 11.8. The number of hydrogen-bond donors (Lipinski definition) is 0. The summed E-state index contributed by atoms with van der Waals surface area (Å²) in [7, 11) is -5.96. The van der Waals surface area contributed by atoms with Gasteiger partial charge < -0.3 is 18.8 Å². The number of alkyl halides is 6. The maximum absolute atomic E-state index is 13.4. The number of thiophene rings is 1. The van der Waals surface area contributed by atoms with E-state index < -0.39 is 50.1 Å². The highest BCUT2D eigenvalue weighted by Crippen LogP contribution is 2.39. The smallest absolute Gasteiger partial charge is 0.534 e. The number of carbonyl (C=O) groups excluding carboxylic acids is 1. The number of carboxylic acids is 1. The molecule has 2 heterocycles. The number of hydrogen-bond acceptors (Lipinski definition) is 8. The first-order chi connectivity index (χ1) is 17.6. The van der Waals surface area contributed by atoms with Crippen molar-refractivity contribution in [2.45, 2.75) is 24.7 Å². The number of nitrogens with zero attached hydrogens (tertiary/aromatic N) is 2. The summed E-state index contributed by atoms with van der Waals surface area (Å²) in [6.07, 6.45) is -4.77. The quantitative estimate of drug-likeness (QED) is 0.175. The lowest BCUT2D eigenvalue weighted by Crippen LogP contribution is -2.28. The summed E-state index contributed by atoms with van der Waals surface area (Å²) < 4.78 is 112. The summed E-state index contributed by atoms with van der Waals surface area (Å²) in [5.74, 6) is -2.72. The molecule has 0 amide bonds. The highest BCUT2D eigenvalue weighted by molar-refractivity contribution is 7.88. The van der Waals surface area contributed by atoms with Gasteiger partial charge in [-0.25, -0.2) is 4.98 Å². The normalized spacial score (nSPS) is 13.4. The van der Waals surface area contributed by atoms with E-state index in [4.69, 9.17) is 4.74 Å². The number of ether oxygens (including phenoxy) is 1. The highest BCUT2D eigenvalue weighted by atomic mass is 32.2. The SMILES string of the molecule is C[C@@H](Oc1cc(-n2cnc3ccc(OS(=O)(=O)C(F)(F)F)cc32)sc1C(=O)[O-])c1ccccc1C(F)(F)F. The van der Waals surface area contributed by atoms with Crippen LogP contribution in [0.25, 0.3) is 16.0 Å². The van der Waals surface area contributed by atoms with Crippen molar-refractivity contribution in [3.8, 4) is 16.5 Å². The van der Waals surface area contributed by atoms with E-state index in [1.165, 1.54) is 48.1 Å². The van der Waals surface area contributed by atoms with Crippen LogP contribution in [-0.2, 0) is 16.3 Å². The lowest BCUT2D eigenvalue weighted by Gasteiger charge is -2.20. The van der Waals surface area contributed by atoms with E-state index in [0.717, 1.165) is 18.2 Å². The summed E-state index contributed by atoms with van der Waals surface area (Å²) in [6, 6.07) is 8.81. The number of aromatic nitrogens is 2. The molecule has 8 nitrogen and oxygen atoms in total. The number of imidazole rings is 1. The van der Waals surface area contributed by atoms with Gasteiger partial charge in [0.15, 0.2) is 0 Å². The molecule has 0 spiro atoms. The molecule has 0 fully saturated rings. The lowest BCUT2D eigenvalue weighted by molar-refractivity contribution is -0.254. The van der Waals surface area contributed by atoms with Gasteiger partial charge in [-0.2, -0.15) is 34.8 Å². The Morgan fingerprint density at radius 1 is 1.08 bits per heavy atom.